The molecule has 5 N–H and O–H groups in total. The lowest BCUT2D eigenvalue weighted by Crippen LogP contribution is -2.34. The lowest BCUT2D eigenvalue weighted by Gasteiger charge is -2.24. The van der Waals surface area contributed by atoms with E-state index in [0.29, 0.717) is 0 Å². The molecule has 4 rings (SSSR count). The molecule has 6 atom stereocenters. The number of imidazole rings is 1. The Balaban J connectivity index is 1.56. The maximum atomic E-state index is 15.3. The number of halogens is 1. The number of aliphatic carboxylic acids is 1. The van der Waals surface area contributed by atoms with Crippen LogP contribution in [0.4, 0.5) is 10.2 Å². The quantitative estimate of drug-likeness (QED) is 0.247. The highest BCUT2D eigenvalue weighted by Gasteiger charge is 2.48. The lowest BCUT2D eigenvalue weighted by molar-refractivity contribution is -0.138. The van der Waals surface area contributed by atoms with Gasteiger partial charge < -0.3 is 25.0 Å². The number of nitrogens with zero attached hydrogens (tertiary/aromatic N) is 4. The van der Waals surface area contributed by atoms with Crippen LogP contribution >= 0.6 is 7.75 Å². The number of aliphatic hydroxyl groups is 1. The maximum Gasteiger partial charge on any atom is 0.459 e. The lowest BCUT2D eigenvalue weighted by atomic mass is 10.0. The van der Waals surface area contributed by atoms with Crippen molar-refractivity contribution in [1.29, 1.82) is 0 Å². The van der Waals surface area contributed by atoms with Gasteiger partial charge in [-0.2, -0.15) is 5.09 Å². The molecule has 14 heteroatoms. The van der Waals surface area contributed by atoms with E-state index in [1.165, 1.54) is 36.3 Å². The molecular weight excluding hydrogens is 482 g/mol. The third kappa shape index (κ3) is 4.89. The average Bonchev–Trinajstić information content (AvgIpc) is 3.32. The fourth-order valence-electron chi connectivity index (χ4n) is 3.84. The molecule has 0 aliphatic heterocycles. The predicted molar refractivity (Wildman–Crippen MR) is 123 cm³/mol. The first-order chi connectivity index (χ1) is 16.6. The van der Waals surface area contributed by atoms with Crippen molar-refractivity contribution in [3.8, 4) is 5.75 Å². The molecule has 35 heavy (non-hydrogen) atoms. The number of nitrogens with two attached hydrogens (primary N) is 1. The third-order valence-corrected chi connectivity index (χ3v) is 7.34. The molecule has 2 aromatic heterocycles. The number of benzene rings is 1. The van der Waals surface area contributed by atoms with Crippen LogP contribution in [0.3, 0.4) is 0 Å². The molecule has 1 unspecified atom stereocenters. The van der Waals surface area contributed by atoms with Gasteiger partial charge in [-0.25, -0.2) is 23.9 Å². The van der Waals surface area contributed by atoms with Gasteiger partial charge in [-0.3, -0.25) is 9.32 Å². The highest BCUT2D eigenvalue weighted by Crippen LogP contribution is 2.48. The van der Waals surface area contributed by atoms with Crippen molar-refractivity contribution in [1.82, 2.24) is 24.6 Å². The predicted octanol–water partition coefficient (Wildman–Crippen LogP) is 2.10. The molecule has 1 aliphatic carbocycles. The van der Waals surface area contributed by atoms with E-state index >= 15 is 4.39 Å². The van der Waals surface area contributed by atoms with Crippen LogP contribution in [0.5, 0.6) is 5.75 Å². The summed E-state index contributed by atoms with van der Waals surface area (Å²) in [5.41, 5.74) is 6.57. The van der Waals surface area contributed by atoms with E-state index in [9.17, 15) is 19.6 Å². The first-order valence-electron chi connectivity index (χ1n) is 10.5. The minimum Gasteiger partial charge on any atom is -0.480 e. The van der Waals surface area contributed by atoms with Gasteiger partial charge in [0.1, 0.15) is 23.6 Å². The molecule has 2 heterocycles. The fourth-order valence-corrected chi connectivity index (χ4v) is 5.36. The normalized spacial score (nSPS) is 24.8. The number of anilines is 1. The standard InChI is InChI=1S/C21H24FN6O6P/c1-11-14(8-33-35(32,27-12(2)21(30)31)34-13-6-4-3-5-7-13)18(29)15(22)17(11)28-10-26-16-19(23)24-9-25-20(16)28/h3-7,9-10,12,14-15,17-18,29H,1,8H2,2H3,(H,27,32)(H,30,31)(H2,23,24,25)/t12-,14-,15+,17+,18+,35?/m0/s1. The van der Waals surface area contributed by atoms with Crippen molar-refractivity contribution < 1.29 is 33.0 Å². The Bertz CT molecular complexity index is 1290. The summed E-state index contributed by atoms with van der Waals surface area (Å²) < 4.78 is 41.0. The minimum atomic E-state index is -4.26. The number of hydrogen-bond donors (Lipinski definition) is 4. The first kappa shape index (κ1) is 24.7. The van der Waals surface area contributed by atoms with Gasteiger partial charge in [0.05, 0.1) is 25.1 Å². The minimum absolute atomic E-state index is 0.117. The van der Waals surface area contributed by atoms with E-state index in [-0.39, 0.29) is 28.3 Å². The SMILES string of the molecule is C=C1[C@@H](n2cnc3c(N)ncnc32)[C@@H](F)[C@H](O)[C@H]1COP(=O)(N[C@@H](C)C(=O)O)Oc1ccccc1. The molecular formula is C21H24FN6O6P. The molecule has 3 aromatic rings. The maximum absolute atomic E-state index is 15.3. The fraction of sp³-hybridized carbons (Fsp3) is 0.333. The highest BCUT2D eigenvalue weighted by molar-refractivity contribution is 7.52. The highest BCUT2D eigenvalue weighted by atomic mass is 31.2. The molecule has 0 saturated heterocycles. The van der Waals surface area contributed by atoms with Gasteiger partial charge >= 0.3 is 13.7 Å². The smallest absolute Gasteiger partial charge is 0.459 e. The average molecular weight is 506 g/mol. The number of alkyl halides is 1. The van der Waals surface area contributed by atoms with Crippen LogP contribution in [-0.4, -0.2) is 60.6 Å². The monoisotopic (exact) mass is 506 g/mol. The number of para-hydroxylation sites is 1. The Hall–Kier alpha value is -3.38. The van der Waals surface area contributed by atoms with Gasteiger partial charge in [0.2, 0.25) is 0 Å². The summed E-state index contributed by atoms with van der Waals surface area (Å²) in [7, 11) is -4.26. The molecule has 1 aromatic carbocycles. The Kier molecular flexibility index (Phi) is 6.86. The van der Waals surface area contributed by atoms with Crippen molar-refractivity contribution in [3.05, 3.63) is 55.1 Å². The van der Waals surface area contributed by atoms with E-state index in [1.807, 2.05) is 0 Å². The number of aromatic nitrogens is 4. The zero-order valence-electron chi connectivity index (χ0n) is 18.6. The van der Waals surface area contributed by atoms with Crippen LogP contribution in [0.2, 0.25) is 0 Å². The van der Waals surface area contributed by atoms with E-state index in [1.54, 1.807) is 18.2 Å². The van der Waals surface area contributed by atoms with Gasteiger partial charge in [-0.05, 0) is 24.6 Å². The Morgan fingerprint density at radius 2 is 2.06 bits per heavy atom. The third-order valence-electron chi connectivity index (χ3n) is 5.70. The van der Waals surface area contributed by atoms with E-state index in [2.05, 4.69) is 26.6 Å². The number of aliphatic hydroxyl groups excluding tert-OH is 1. The second kappa shape index (κ2) is 9.70. The van der Waals surface area contributed by atoms with Gasteiger partial charge in [0, 0.05) is 5.92 Å². The van der Waals surface area contributed by atoms with E-state index < -0.39 is 50.6 Å². The van der Waals surface area contributed by atoms with Crippen LogP contribution in [0.15, 0.2) is 55.1 Å². The molecule has 1 fully saturated rings. The van der Waals surface area contributed by atoms with Crippen molar-refractivity contribution in [3.63, 3.8) is 0 Å². The number of nitrogen functional groups attached to an aromatic ring is 1. The Labute approximate surface area is 199 Å². The molecule has 1 saturated carbocycles. The van der Waals surface area contributed by atoms with Gasteiger partial charge in [-0.1, -0.05) is 24.8 Å². The number of rotatable bonds is 9. The van der Waals surface area contributed by atoms with Crippen LogP contribution in [-0.2, 0) is 13.9 Å². The molecule has 12 nitrogen and oxygen atoms in total. The summed E-state index contributed by atoms with van der Waals surface area (Å²) in [5, 5.41) is 22.2. The zero-order valence-corrected chi connectivity index (χ0v) is 19.5. The summed E-state index contributed by atoms with van der Waals surface area (Å²) in [6, 6.07) is 5.66. The van der Waals surface area contributed by atoms with E-state index in [0.717, 1.165) is 0 Å². The van der Waals surface area contributed by atoms with Crippen molar-refractivity contribution in [2.24, 2.45) is 5.92 Å². The summed E-state index contributed by atoms with van der Waals surface area (Å²) in [4.78, 5) is 23.4. The Morgan fingerprint density at radius 1 is 1.34 bits per heavy atom. The first-order valence-corrected chi connectivity index (χ1v) is 12.1. The summed E-state index contributed by atoms with van der Waals surface area (Å²) in [5.74, 6) is -2.00. The molecule has 0 radical (unpaired) electrons. The number of carboxylic acid groups (broad SMARTS) is 1. The van der Waals surface area contributed by atoms with Gasteiger partial charge in [0.15, 0.2) is 17.6 Å². The molecule has 0 spiro atoms. The van der Waals surface area contributed by atoms with Crippen molar-refractivity contribution in [2.45, 2.75) is 31.3 Å². The molecule has 0 amide bonds. The number of carbonyl (C=O) groups is 1. The summed E-state index contributed by atoms with van der Waals surface area (Å²) in [6.07, 6.45) is -0.839. The molecule has 1 aliphatic rings. The number of carboxylic acids is 1. The largest absolute Gasteiger partial charge is 0.480 e. The van der Waals surface area contributed by atoms with Crippen molar-refractivity contribution >= 4 is 30.7 Å². The molecule has 0 bridgehead atoms. The summed E-state index contributed by atoms with van der Waals surface area (Å²) in [6.45, 7) is 4.73. The molecule has 186 valence electrons. The van der Waals surface area contributed by atoms with Crippen LogP contribution in [0.25, 0.3) is 11.2 Å². The topological polar surface area (TPSA) is 175 Å². The number of hydrogen-bond acceptors (Lipinski definition) is 9. The Morgan fingerprint density at radius 3 is 2.74 bits per heavy atom. The van der Waals surface area contributed by atoms with Gasteiger partial charge in [0.25, 0.3) is 0 Å². The van der Waals surface area contributed by atoms with Crippen LogP contribution in [0, 0.1) is 5.92 Å². The number of fused-ring (bicyclic) bond motifs is 1. The van der Waals surface area contributed by atoms with Gasteiger partial charge in [-0.15, -0.1) is 0 Å². The number of nitrogens with one attached hydrogen (secondary N) is 1. The zero-order chi connectivity index (χ0) is 25.3. The van der Waals surface area contributed by atoms with Crippen molar-refractivity contribution in [2.75, 3.05) is 12.3 Å². The van der Waals surface area contributed by atoms with Crippen LogP contribution in [0.1, 0.15) is 13.0 Å². The second-order valence-electron chi connectivity index (χ2n) is 8.03. The summed E-state index contributed by atoms with van der Waals surface area (Å²) >= 11 is 0. The van der Waals surface area contributed by atoms with E-state index in [4.69, 9.17) is 14.8 Å². The second-order valence-corrected chi connectivity index (χ2v) is 9.72. The van der Waals surface area contributed by atoms with Crippen LogP contribution < -0.4 is 15.3 Å².